The average Bonchev–Trinajstić information content (AvgIpc) is 2.87. The number of anilines is 1. The van der Waals surface area contributed by atoms with Gasteiger partial charge in [-0.25, -0.2) is 4.79 Å². The van der Waals surface area contributed by atoms with Crippen LogP contribution in [0.5, 0.6) is 0 Å². The minimum absolute atomic E-state index is 0.0484. The smallest absolute Gasteiger partial charge is 0.321 e. The van der Waals surface area contributed by atoms with Crippen LogP contribution in [0.1, 0.15) is 78.2 Å². The van der Waals surface area contributed by atoms with Crippen molar-refractivity contribution in [2.45, 2.75) is 91.1 Å². The van der Waals surface area contributed by atoms with E-state index in [0.29, 0.717) is 44.3 Å². The Hall–Kier alpha value is -2.57. The number of carbonyl (C=O) groups excluding carboxylic acids is 3. The van der Waals surface area contributed by atoms with Crippen molar-refractivity contribution in [2.24, 2.45) is 23.7 Å². The topological polar surface area (TPSA) is 81.8 Å². The Bertz CT molecular complexity index is 964. The van der Waals surface area contributed by atoms with E-state index in [1.807, 2.05) is 23.1 Å². The Morgan fingerprint density at radius 2 is 1.89 bits per heavy atom. The fraction of sp³-hybridized carbons (Fsp3) is 0.700. The summed E-state index contributed by atoms with van der Waals surface area (Å²) in [6.45, 7) is 10.6. The van der Waals surface area contributed by atoms with E-state index in [2.05, 4.69) is 49.3 Å². The van der Waals surface area contributed by atoms with Crippen molar-refractivity contribution >= 4 is 23.5 Å². The zero-order valence-electron chi connectivity index (χ0n) is 23.2. The van der Waals surface area contributed by atoms with Crippen LogP contribution in [0.3, 0.4) is 0 Å². The monoisotopic (exact) mass is 510 g/mol. The van der Waals surface area contributed by atoms with Crippen LogP contribution in [-0.2, 0) is 16.0 Å². The van der Waals surface area contributed by atoms with Gasteiger partial charge in [0.25, 0.3) is 0 Å². The summed E-state index contributed by atoms with van der Waals surface area (Å²) in [5.41, 5.74) is 2.01. The van der Waals surface area contributed by atoms with Crippen molar-refractivity contribution in [2.75, 3.05) is 25.0 Å². The van der Waals surface area contributed by atoms with Gasteiger partial charge in [-0.05, 0) is 73.8 Å². The molecule has 3 aliphatic rings. The highest BCUT2D eigenvalue weighted by Crippen LogP contribution is 2.37. The Balaban J connectivity index is 1.47. The summed E-state index contributed by atoms with van der Waals surface area (Å²) in [5, 5.41) is 6.40. The van der Waals surface area contributed by atoms with Crippen molar-refractivity contribution in [1.82, 2.24) is 15.1 Å². The summed E-state index contributed by atoms with van der Waals surface area (Å²) in [6, 6.07) is 8.18. The van der Waals surface area contributed by atoms with Gasteiger partial charge in [0.2, 0.25) is 11.8 Å². The number of aryl methyl sites for hydroxylation is 1. The number of para-hydroxylation sites is 1. The normalized spacial score (nSPS) is 29.5. The SMILES string of the molecule is CCc1ccccc1NC(=O)N1C[C@@H]2C[C@H](C1)[C@@H]1CCCC(=O)N[C@H](C(C)C)CC[C@@H](C)CC(=O)N1C2. The number of urea groups is 1. The van der Waals surface area contributed by atoms with Crippen molar-refractivity contribution in [3.05, 3.63) is 29.8 Å². The molecule has 3 fully saturated rings. The van der Waals surface area contributed by atoms with Crippen LogP contribution in [0.2, 0.25) is 0 Å². The maximum atomic E-state index is 13.5. The fourth-order valence-corrected chi connectivity index (χ4v) is 6.62. The molecule has 0 saturated carbocycles. The molecule has 2 N–H and O–H groups in total. The van der Waals surface area contributed by atoms with E-state index in [9.17, 15) is 14.4 Å². The highest BCUT2D eigenvalue weighted by Gasteiger charge is 2.43. The Morgan fingerprint density at radius 1 is 1.11 bits per heavy atom. The molecule has 3 saturated heterocycles. The zero-order valence-corrected chi connectivity index (χ0v) is 23.2. The van der Waals surface area contributed by atoms with Crippen LogP contribution in [0.4, 0.5) is 10.5 Å². The summed E-state index contributed by atoms with van der Waals surface area (Å²) in [7, 11) is 0. The molecule has 0 aromatic heterocycles. The molecular weight excluding hydrogens is 464 g/mol. The Kier molecular flexibility index (Phi) is 9.14. The number of fused-ring (bicyclic) bond motifs is 4. The van der Waals surface area contributed by atoms with E-state index in [4.69, 9.17) is 0 Å². The Labute approximate surface area is 222 Å². The number of likely N-dealkylation sites (tertiary alicyclic amines) is 1. The molecule has 3 heterocycles. The summed E-state index contributed by atoms with van der Waals surface area (Å²) < 4.78 is 0. The van der Waals surface area contributed by atoms with Gasteiger partial charge in [0, 0.05) is 50.2 Å². The second-order valence-electron chi connectivity index (χ2n) is 12.0. The molecule has 37 heavy (non-hydrogen) atoms. The third-order valence-corrected chi connectivity index (χ3v) is 8.76. The largest absolute Gasteiger partial charge is 0.353 e. The lowest BCUT2D eigenvalue weighted by Crippen LogP contribution is -2.60. The molecule has 0 spiro atoms. The van der Waals surface area contributed by atoms with E-state index < -0.39 is 0 Å². The molecule has 1 aromatic carbocycles. The first kappa shape index (κ1) is 27.5. The third-order valence-electron chi connectivity index (χ3n) is 8.76. The molecule has 0 radical (unpaired) electrons. The van der Waals surface area contributed by atoms with Crippen LogP contribution in [0, 0.1) is 23.7 Å². The molecule has 0 aliphatic carbocycles. The van der Waals surface area contributed by atoms with Crippen LogP contribution in [0.15, 0.2) is 24.3 Å². The Morgan fingerprint density at radius 3 is 2.65 bits per heavy atom. The maximum absolute atomic E-state index is 13.5. The number of amides is 4. The summed E-state index contributed by atoms with van der Waals surface area (Å²) in [4.78, 5) is 43.7. The van der Waals surface area contributed by atoms with Gasteiger partial charge >= 0.3 is 6.03 Å². The van der Waals surface area contributed by atoms with Crippen LogP contribution in [-0.4, -0.2) is 59.4 Å². The average molecular weight is 511 g/mol. The van der Waals surface area contributed by atoms with Gasteiger partial charge in [0.05, 0.1) is 0 Å². The molecule has 7 heteroatoms. The second-order valence-corrected chi connectivity index (χ2v) is 12.0. The number of piperidine rings is 2. The summed E-state index contributed by atoms with van der Waals surface area (Å²) >= 11 is 0. The van der Waals surface area contributed by atoms with Gasteiger partial charge in [-0.3, -0.25) is 9.59 Å². The van der Waals surface area contributed by atoms with E-state index in [0.717, 1.165) is 49.8 Å². The minimum Gasteiger partial charge on any atom is -0.353 e. The van der Waals surface area contributed by atoms with Crippen LogP contribution in [0.25, 0.3) is 0 Å². The quantitative estimate of drug-likeness (QED) is 0.596. The van der Waals surface area contributed by atoms with E-state index >= 15 is 0 Å². The summed E-state index contributed by atoms with van der Waals surface area (Å²) in [5.74, 6) is 1.58. The van der Waals surface area contributed by atoms with Gasteiger partial charge in [-0.1, -0.05) is 45.9 Å². The number of hydrogen-bond acceptors (Lipinski definition) is 3. The fourth-order valence-electron chi connectivity index (χ4n) is 6.62. The standard InChI is InChI=1S/C30H46N4O3/c1-5-23-9-6-7-10-26(23)32-30(37)33-17-22-16-24(19-33)27-11-8-12-28(35)31-25(20(2)3)14-13-21(4)15-29(36)34(27)18-22/h6-7,9-10,20-22,24-25,27H,5,8,11-19H2,1-4H3,(H,31,35)(H,32,37)/t21-,22+,24-,25+,27+/m1/s1. The van der Waals surface area contributed by atoms with Crippen molar-refractivity contribution in [3.63, 3.8) is 0 Å². The molecule has 1 aromatic rings. The van der Waals surface area contributed by atoms with Gasteiger partial charge in [0.1, 0.15) is 0 Å². The third kappa shape index (κ3) is 6.85. The van der Waals surface area contributed by atoms with Crippen LogP contribution < -0.4 is 10.6 Å². The van der Waals surface area contributed by atoms with E-state index in [-0.39, 0.29) is 41.8 Å². The lowest BCUT2D eigenvalue weighted by atomic mass is 9.77. The molecule has 3 aliphatic heterocycles. The molecule has 4 amide bonds. The number of rotatable bonds is 3. The first-order valence-corrected chi connectivity index (χ1v) is 14.5. The number of hydrogen-bond donors (Lipinski definition) is 2. The lowest BCUT2D eigenvalue weighted by Gasteiger charge is -2.51. The van der Waals surface area contributed by atoms with E-state index in [1.165, 1.54) is 0 Å². The van der Waals surface area contributed by atoms with Crippen molar-refractivity contribution in [3.8, 4) is 0 Å². The molecule has 7 nitrogen and oxygen atoms in total. The molecule has 2 bridgehead atoms. The lowest BCUT2D eigenvalue weighted by molar-refractivity contribution is -0.141. The minimum atomic E-state index is -0.0484. The number of carbonyl (C=O) groups is 3. The number of nitrogens with one attached hydrogen (secondary N) is 2. The first-order chi connectivity index (χ1) is 17.7. The van der Waals surface area contributed by atoms with Gasteiger partial charge in [-0.15, -0.1) is 0 Å². The van der Waals surface area contributed by atoms with Gasteiger partial charge < -0.3 is 20.4 Å². The molecule has 0 unspecified atom stereocenters. The highest BCUT2D eigenvalue weighted by atomic mass is 16.2. The highest BCUT2D eigenvalue weighted by molar-refractivity contribution is 5.90. The van der Waals surface area contributed by atoms with Crippen molar-refractivity contribution < 1.29 is 14.4 Å². The number of nitrogens with zero attached hydrogens (tertiary/aromatic N) is 2. The predicted octanol–water partition coefficient (Wildman–Crippen LogP) is 5.06. The summed E-state index contributed by atoms with van der Waals surface area (Å²) in [6.07, 6.45) is 6.39. The molecular formula is C30H46N4O3. The van der Waals surface area contributed by atoms with Gasteiger partial charge in [0.15, 0.2) is 0 Å². The zero-order chi connectivity index (χ0) is 26.5. The molecule has 204 valence electrons. The first-order valence-electron chi connectivity index (χ1n) is 14.5. The molecule has 4 rings (SSSR count). The predicted molar refractivity (Wildman–Crippen MR) is 147 cm³/mol. The maximum Gasteiger partial charge on any atom is 0.321 e. The van der Waals surface area contributed by atoms with E-state index in [1.54, 1.807) is 0 Å². The second kappa shape index (κ2) is 12.3. The number of benzene rings is 1. The van der Waals surface area contributed by atoms with Crippen LogP contribution >= 0.6 is 0 Å². The van der Waals surface area contributed by atoms with Crippen molar-refractivity contribution in [1.29, 1.82) is 0 Å². The molecule has 5 atom stereocenters. The van der Waals surface area contributed by atoms with Gasteiger partial charge in [-0.2, -0.15) is 0 Å².